The Hall–Kier alpha value is -1.80. The highest BCUT2D eigenvalue weighted by molar-refractivity contribution is 5.84. The number of nitrogens with two attached hydrogens (primary N) is 1. The summed E-state index contributed by atoms with van der Waals surface area (Å²) in [7, 11) is 0. The minimum Gasteiger partial charge on any atom is -0.366 e. The number of hydrogen-bond donors (Lipinski definition) is 2. The summed E-state index contributed by atoms with van der Waals surface area (Å²) in [5.74, 6) is 0. The molecule has 0 fully saturated rings. The third-order valence-electron chi connectivity index (χ3n) is 3.53. The van der Waals surface area contributed by atoms with Crippen LogP contribution in [0.3, 0.4) is 0 Å². The molecule has 1 aliphatic rings. The maximum absolute atomic E-state index is 6.14. The number of fused-ring (bicyclic) bond motifs is 3. The van der Waals surface area contributed by atoms with Gasteiger partial charge in [-0.2, -0.15) is 0 Å². The van der Waals surface area contributed by atoms with Gasteiger partial charge in [-0.1, -0.05) is 24.3 Å². The fourth-order valence-corrected chi connectivity index (χ4v) is 2.42. The van der Waals surface area contributed by atoms with Gasteiger partial charge in [0.05, 0.1) is 0 Å². The summed E-state index contributed by atoms with van der Waals surface area (Å²) in [4.78, 5) is 0. The van der Waals surface area contributed by atoms with Crippen molar-refractivity contribution in [3.8, 4) is 11.1 Å². The molecule has 2 aromatic rings. The van der Waals surface area contributed by atoms with E-state index >= 15 is 0 Å². The summed E-state index contributed by atoms with van der Waals surface area (Å²) in [6, 6.07) is 12.7. The van der Waals surface area contributed by atoms with Crippen LogP contribution in [0.5, 0.6) is 0 Å². The summed E-state index contributed by atoms with van der Waals surface area (Å²) in [5.41, 5.74) is 13.6. The molecule has 0 bridgehead atoms. The molecule has 0 amide bonds. The highest BCUT2D eigenvalue weighted by Gasteiger charge is 2.21. The number of rotatable bonds is 0. The maximum atomic E-state index is 6.14. The van der Waals surface area contributed by atoms with Gasteiger partial charge in [-0.15, -0.1) is 0 Å². The first-order chi connectivity index (χ1) is 8.16. The Morgan fingerprint density at radius 3 is 2.53 bits per heavy atom. The minimum atomic E-state index is -0.110. The van der Waals surface area contributed by atoms with Crippen molar-refractivity contribution in [2.24, 2.45) is 5.73 Å². The summed E-state index contributed by atoms with van der Waals surface area (Å²) in [6.07, 6.45) is -0.110. The fourth-order valence-electron chi connectivity index (χ4n) is 2.42. The second kappa shape index (κ2) is 3.60. The minimum absolute atomic E-state index is 0.110. The molecule has 2 aromatic carbocycles. The molecule has 0 aromatic heterocycles. The van der Waals surface area contributed by atoms with E-state index in [0.29, 0.717) is 0 Å². The molecule has 2 nitrogen and oxygen atoms in total. The van der Waals surface area contributed by atoms with Gasteiger partial charge >= 0.3 is 0 Å². The van der Waals surface area contributed by atoms with Gasteiger partial charge in [-0.25, -0.2) is 0 Å². The van der Waals surface area contributed by atoms with Gasteiger partial charge in [0.25, 0.3) is 0 Å². The number of hydrogen-bond acceptors (Lipinski definition) is 2. The first-order valence-corrected chi connectivity index (χ1v) is 5.89. The van der Waals surface area contributed by atoms with E-state index in [1.54, 1.807) is 0 Å². The Morgan fingerprint density at radius 2 is 1.71 bits per heavy atom. The summed E-state index contributed by atoms with van der Waals surface area (Å²) < 4.78 is 0. The smallest absolute Gasteiger partial charge is 0.101 e. The molecule has 3 N–H and O–H groups in total. The van der Waals surface area contributed by atoms with Crippen LogP contribution < -0.4 is 11.1 Å². The second-order valence-corrected chi connectivity index (χ2v) is 4.69. The molecule has 0 spiro atoms. The zero-order valence-corrected chi connectivity index (χ0v) is 10.1. The van der Waals surface area contributed by atoms with Gasteiger partial charge < -0.3 is 11.1 Å². The third-order valence-corrected chi connectivity index (χ3v) is 3.53. The van der Waals surface area contributed by atoms with Crippen LogP contribution in [0, 0.1) is 13.8 Å². The average Bonchev–Trinajstić information content (AvgIpc) is 2.32. The van der Waals surface area contributed by atoms with Gasteiger partial charge in [-0.3, -0.25) is 0 Å². The molecule has 1 heterocycles. The fraction of sp³-hybridized carbons (Fsp3) is 0.200. The molecule has 0 saturated heterocycles. The van der Waals surface area contributed by atoms with Gasteiger partial charge in [0.2, 0.25) is 0 Å². The first-order valence-electron chi connectivity index (χ1n) is 5.89. The normalized spacial score (nSPS) is 17.0. The summed E-state index contributed by atoms with van der Waals surface area (Å²) in [6.45, 7) is 4.27. The SMILES string of the molecule is Cc1cc2c(cc1C)-c1ccccc1C(N)N2. The summed E-state index contributed by atoms with van der Waals surface area (Å²) >= 11 is 0. The van der Waals surface area contributed by atoms with Crippen LogP contribution in [-0.4, -0.2) is 0 Å². The largest absolute Gasteiger partial charge is 0.366 e. The van der Waals surface area contributed by atoms with E-state index in [2.05, 4.69) is 49.5 Å². The molecule has 0 saturated carbocycles. The van der Waals surface area contributed by atoms with Crippen molar-refractivity contribution in [2.45, 2.75) is 20.0 Å². The van der Waals surface area contributed by atoms with Crippen LogP contribution in [-0.2, 0) is 0 Å². The van der Waals surface area contributed by atoms with E-state index in [-0.39, 0.29) is 6.17 Å². The van der Waals surface area contributed by atoms with E-state index in [9.17, 15) is 0 Å². The molecule has 0 radical (unpaired) electrons. The van der Waals surface area contributed by atoms with Crippen LogP contribution in [0.4, 0.5) is 5.69 Å². The van der Waals surface area contributed by atoms with Crippen molar-refractivity contribution in [2.75, 3.05) is 5.32 Å². The van der Waals surface area contributed by atoms with Crippen molar-refractivity contribution in [1.29, 1.82) is 0 Å². The molecule has 1 atom stereocenters. The zero-order valence-electron chi connectivity index (χ0n) is 10.1. The zero-order chi connectivity index (χ0) is 12.0. The van der Waals surface area contributed by atoms with E-state index in [1.807, 2.05) is 6.07 Å². The molecular formula is C15H16N2. The van der Waals surface area contributed by atoms with Gasteiger partial charge in [0.1, 0.15) is 6.17 Å². The molecular weight excluding hydrogens is 208 g/mol. The maximum Gasteiger partial charge on any atom is 0.101 e. The monoisotopic (exact) mass is 224 g/mol. The average molecular weight is 224 g/mol. The van der Waals surface area contributed by atoms with Crippen molar-refractivity contribution in [1.82, 2.24) is 0 Å². The Labute approximate surface area is 101 Å². The van der Waals surface area contributed by atoms with Crippen molar-refractivity contribution >= 4 is 5.69 Å². The Balaban J connectivity index is 2.29. The van der Waals surface area contributed by atoms with E-state index in [4.69, 9.17) is 5.73 Å². The van der Waals surface area contributed by atoms with Crippen LogP contribution in [0.15, 0.2) is 36.4 Å². The predicted molar refractivity (Wildman–Crippen MR) is 71.9 cm³/mol. The highest BCUT2D eigenvalue weighted by Crippen LogP contribution is 2.39. The number of aryl methyl sites for hydroxylation is 2. The van der Waals surface area contributed by atoms with E-state index in [1.165, 1.54) is 27.8 Å². The molecule has 1 unspecified atom stereocenters. The quantitative estimate of drug-likeness (QED) is 0.720. The van der Waals surface area contributed by atoms with E-state index < -0.39 is 0 Å². The van der Waals surface area contributed by atoms with Gasteiger partial charge in [-0.05, 0) is 48.2 Å². The molecule has 17 heavy (non-hydrogen) atoms. The second-order valence-electron chi connectivity index (χ2n) is 4.69. The third kappa shape index (κ3) is 1.53. The number of benzene rings is 2. The predicted octanol–water partition coefficient (Wildman–Crippen LogP) is 3.35. The van der Waals surface area contributed by atoms with Gasteiger partial charge in [0, 0.05) is 11.3 Å². The standard InChI is InChI=1S/C15H16N2/c1-9-7-13-11-5-3-4-6-12(11)15(16)17-14(13)8-10(9)2/h3-8,15,17H,16H2,1-2H3. The topological polar surface area (TPSA) is 38.0 Å². The Bertz CT molecular complexity index is 587. The van der Waals surface area contributed by atoms with Crippen LogP contribution in [0.1, 0.15) is 22.9 Å². The molecule has 0 aliphatic carbocycles. The molecule has 86 valence electrons. The molecule has 1 aliphatic heterocycles. The first kappa shape index (κ1) is 10.4. The molecule has 3 rings (SSSR count). The Morgan fingerprint density at radius 1 is 1.00 bits per heavy atom. The van der Waals surface area contributed by atoms with Crippen molar-refractivity contribution in [3.05, 3.63) is 53.1 Å². The lowest BCUT2D eigenvalue weighted by molar-refractivity contribution is 0.829. The molecule has 2 heteroatoms. The Kier molecular flexibility index (Phi) is 2.20. The highest BCUT2D eigenvalue weighted by atomic mass is 15.0. The van der Waals surface area contributed by atoms with Crippen LogP contribution in [0.25, 0.3) is 11.1 Å². The van der Waals surface area contributed by atoms with Crippen molar-refractivity contribution < 1.29 is 0 Å². The lowest BCUT2D eigenvalue weighted by atomic mass is 9.90. The van der Waals surface area contributed by atoms with E-state index in [0.717, 1.165) is 5.69 Å². The van der Waals surface area contributed by atoms with Crippen molar-refractivity contribution in [3.63, 3.8) is 0 Å². The lowest BCUT2D eigenvalue weighted by Crippen LogP contribution is -2.24. The lowest BCUT2D eigenvalue weighted by Gasteiger charge is -2.28. The number of anilines is 1. The van der Waals surface area contributed by atoms with Crippen LogP contribution in [0.2, 0.25) is 0 Å². The van der Waals surface area contributed by atoms with Gasteiger partial charge in [0.15, 0.2) is 0 Å². The van der Waals surface area contributed by atoms with Crippen LogP contribution >= 0.6 is 0 Å². The number of nitrogens with one attached hydrogen (secondary N) is 1. The summed E-state index contributed by atoms with van der Waals surface area (Å²) in [5, 5.41) is 3.36.